The van der Waals surface area contributed by atoms with Gasteiger partial charge in [-0.1, -0.05) is 19.1 Å². The number of hydrogen-bond acceptors (Lipinski definition) is 5. The number of ether oxygens (including phenoxy) is 1. The molecule has 1 heterocycles. The van der Waals surface area contributed by atoms with Crippen molar-refractivity contribution in [2.75, 3.05) is 6.61 Å². The molecule has 26 heavy (non-hydrogen) atoms. The maximum Gasteiger partial charge on any atom is 0.310 e. The molecule has 0 N–H and O–H groups in total. The summed E-state index contributed by atoms with van der Waals surface area (Å²) in [5.41, 5.74) is 1.45. The van der Waals surface area contributed by atoms with Crippen molar-refractivity contribution in [1.82, 2.24) is 4.98 Å². The number of hydrogen-bond donors (Lipinski definition) is 0. The van der Waals surface area contributed by atoms with Crippen LogP contribution in [-0.4, -0.2) is 31.2 Å². The Kier molecular flexibility index (Phi) is 5.32. The van der Waals surface area contributed by atoms with Gasteiger partial charge in [-0.2, -0.15) is 0 Å². The zero-order valence-electron chi connectivity index (χ0n) is 15.4. The number of aryl methyl sites for hydroxylation is 1. The van der Waals surface area contributed by atoms with Gasteiger partial charge in [0.2, 0.25) is 0 Å². The Morgan fingerprint density at radius 3 is 2.81 bits per heavy atom. The van der Waals surface area contributed by atoms with Crippen molar-refractivity contribution in [1.29, 1.82) is 0 Å². The van der Waals surface area contributed by atoms with Crippen LogP contribution in [-0.2, 0) is 19.4 Å². The second-order valence-corrected chi connectivity index (χ2v) is 9.34. The minimum absolute atomic E-state index is 0.212. The minimum Gasteiger partial charge on any atom is -0.466 e. The first kappa shape index (κ1) is 18.8. The fourth-order valence-corrected chi connectivity index (χ4v) is 5.99. The van der Waals surface area contributed by atoms with Crippen molar-refractivity contribution >= 4 is 26.7 Å². The van der Waals surface area contributed by atoms with Gasteiger partial charge in [0.25, 0.3) is 0 Å². The lowest BCUT2D eigenvalue weighted by molar-refractivity contribution is -0.149. The normalized spacial score (nSPS) is 23.7. The molecule has 1 aliphatic carbocycles. The standard InChI is InChI=1S/C20H25NO4S/c1-4-25-20(22)16-11-13(2)8-9-17(16)26(23,24)18-7-5-6-15-10-14(3)12-21-19(15)18/h5-7,10,12-13,16-17H,4,8-9,11H2,1-3H3. The number of aromatic nitrogens is 1. The molecule has 5 nitrogen and oxygen atoms in total. The third kappa shape index (κ3) is 3.47. The smallest absolute Gasteiger partial charge is 0.310 e. The monoisotopic (exact) mass is 375 g/mol. The third-order valence-corrected chi connectivity index (χ3v) is 7.46. The molecule has 140 valence electrons. The average molecular weight is 375 g/mol. The molecular formula is C20H25NO4S. The molecule has 0 spiro atoms. The number of benzene rings is 1. The average Bonchev–Trinajstić information content (AvgIpc) is 2.60. The van der Waals surface area contributed by atoms with E-state index >= 15 is 0 Å². The summed E-state index contributed by atoms with van der Waals surface area (Å²) < 4.78 is 32.1. The van der Waals surface area contributed by atoms with E-state index in [2.05, 4.69) is 11.9 Å². The van der Waals surface area contributed by atoms with E-state index in [0.717, 1.165) is 17.4 Å². The Bertz CT molecular complexity index is 923. The van der Waals surface area contributed by atoms with Crippen LogP contribution in [0.3, 0.4) is 0 Å². The van der Waals surface area contributed by atoms with E-state index in [-0.39, 0.29) is 11.5 Å². The lowest BCUT2D eigenvalue weighted by atomic mass is 9.82. The third-order valence-electron chi connectivity index (χ3n) is 5.15. The molecule has 1 saturated carbocycles. The molecule has 3 atom stereocenters. The van der Waals surface area contributed by atoms with Gasteiger partial charge in [-0.3, -0.25) is 9.78 Å². The first-order chi connectivity index (χ1) is 12.3. The molecule has 3 unspecified atom stereocenters. The number of nitrogens with zero attached hydrogens (tertiary/aromatic N) is 1. The molecule has 2 aromatic rings. The number of carbonyl (C=O) groups excluding carboxylic acids is 1. The van der Waals surface area contributed by atoms with Crippen LogP contribution in [0.15, 0.2) is 35.4 Å². The predicted octanol–water partition coefficient (Wildman–Crippen LogP) is 3.68. The highest BCUT2D eigenvalue weighted by molar-refractivity contribution is 7.92. The summed E-state index contributed by atoms with van der Waals surface area (Å²) in [7, 11) is -3.70. The molecule has 3 rings (SSSR count). The summed E-state index contributed by atoms with van der Waals surface area (Å²) >= 11 is 0. The van der Waals surface area contributed by atoms with Gasteiger partial charge in [0, 0.05) is 11.6 Å². The Labute approximate surface area is 154 Å². The predicted molar refractivity (Wildman–Crippen MR) is 101 cm³/mol. The SMILES string of the molecule is CCOC(=O)C1CC(C)CCC1S(=O)(=O)c1cccc2cc(C)cnc12. The van der Waals surface area contributed by atoms with Gasteiger partial charge in [-0.25, -0.2) is 8.42 Å². The summed E-state index contributed by atoms with van der Waals surface area (Å²) in [6, 6.07) is 7.12. The van der Waals surface area contributed by atoms with E-state index in [0.29, 0.717) is 24.3 Å². The largest absolute Gasteiger partial charge is 0.466 e. The summed E-state index contributed by atoms with van der Waals surface area (Å²) in [6.07, 6.45) is 3.47. The fraction of sp³-hybridized carbons (Fsp3) is 0.500. The summed E-state index contributed by atoms with van der Waals surface area (Å²) in [6.45, 7) is 5.97. The van der Waals surface area contributed by atoms with E-state index in [9.17, 15) is 13.2 Å². The van der Waals surface area contributed by atoms with Crippen LogP contribution < -0.4 is 0 Å². The fourth-order valence-electron chi connectivity index (χ4n) is 3.86. The van der Waals surface area contributed by atoms with Gasteiger partial charge < -0.3 is 4.74 Å². The zero-order chi connectivity index (χ0) is 18.9. The van der Waals surface area contributed by atoms with E-state index in [4.69, 9.17) is 4.74 Å². The van der Waals surface area contributed by atoms with E-state index in [1.54, 1.807) is 25.3 Å². The van der Waals surface area contributed by atoms with E-state index in [1.807, 2.05) is 19.1 Å². The zero-order valence-corrected chi connectivity index (χ0v) is 16.3. The Hall–Kier alpha value is -1.95. The lowest BCUT2D eigenvalue weighted by Gasteiger charge is -2.33. The highest BCUT2D eigenvalue weighted by Gasteiger charge is 2.43. The number of rotatable bonds is 4. The number of esters is 1. The van der Waals surface area contributed by atoms with Crippen LogP contribution in [0.2, 0.25) is 0 Å². The topological polar surface area (TPSA) is 73.3 Å². The molecule has 0 amide bonds. The molecule has 6 heteroatoms. The van der Waals surface area contributed by atoms with E-state index in [1.165, 1.54) is 0 Å². The Morgan fingerprint density at radius 1 is 1.31 bits per heavy atom. The van der Waals surface area contributed by atoms with Crippen LogP contribution in [0.4, 0.5) is 0 Å². The van der Waals surface area contributed by atoms with Crippen LogP contribution in [0.1, 0.15) is 38.7 Å². The molecule has 1 aromatic heterocycles. The quantitative estimate of drug-likeness (QED) is 0.762. The maximum absolute atomic E-state index is 13.5. The van der Waals surface area contributed by atoms with Crippen molar-refractivity contribution in [2.45, 2.75) is 50.2 Å². The molecule has 0 saturated heterocycles. The Balaban J connectivity index is 2.07. The van der Waals surface area contributed by atoms with E-state index < -0.39 is 27.0 Å². The Morgan fingerprint density at radius 2 is 2.08 bits per heavy atom. The summed E-state index contributed by atoms with van der Waals surface area (Å²) in [4.78, 5) is 17.0. The van der Waals surface area contributed by atoms with Gasteiger partial charge in [0.05, 0.1) is 28.2 Å². The molecule has 0 aliphatic heterocycles. The van der Waals surface area contributed by atoms with Crippen LogP contribution in [0.25, 0.3) is 10.9 Å². The van der Waals surface area contributed by atoms with Crippen molar-refractivity contribution in [3.63, 3.8) is 0 Å². The number of para-hydroxylation sites is 1. The number of pyridine rings is 1. The number of carbonyl (C=O) groups is 1. The highest BCUT2D eigenvalue weighted by Crippen LogP contribution is 2.38. The first-order valence-corrected chi connectivity index (χ1v) is 10.6. The van der Waals surface area contributed by atoms with Gasteiger partial charge >= 0.3 is 5.97 Å². The van der Waals surface area contributed by atoms with Crippen molar-refractivity contribution in [3.8, 4) is 0 Å². The molecule has 1 aliphatic rings. The molecule has 0 radical (unpaired) electrons. The van der Waals surface area contributed by atoms with Crippen LogP contribution >= 0.6 is 0 Å². The van der Waals surface area contributed by atoms with Gasteiger partial charge in [-0.15, -0.1) is 0 Å². The molecular weight excluding hydrogens is 350 g/mol. The second kappa shape index (κ2) is 7.35. The number of sulfone groups is 1. The molecule has 1 fully saturated rings. The van der Waals surface area contributed by atoms with Crippen LogP contribution in [0.5, 0.6) is 0 Å². The summed E-state index contributed by atoms with van der Waals surface area (Å²) in [5, 5.41) is 0.0365. The minimum atomic E-state index is -3.70. The molecule has 0 bridgehead atoms. The highest BCUT2D eigenvalue weighted by atomic mass is 32.2. The van der Waals surface area contributed by atoms with Gasteiger partial charge in [0.1, 0.15) is 0 Å². The second-order valence-electron chi connectivity index (χ2n) is 7.20. The molecule has 1 aromatic carbocycles. The van der Waals surface area contributed by atoms with Crippen molar-refractivity contribution in [2.24, 2.45) is 11.8 Å². The van der Waals surface area contributed by atoms with Crippen LogP contribution in [0, 0.1) is 18.8 Å². The summed E-state index contributed by atoms with van der Waals surface area (Å²) in [5.74, 6) is -0.717. The van der Waals surface area contributed by atoms with Crippen molar-refractivity contribution < 1.29 is 17.9 Å². The maximum atomic E-state index is 13.5. The lowest BCUT2D eigenvalue weighted by Crippen LogP contribution is -2.40. The number of fused-ring (bicyclic) bond motifs is 1. The first-order valence-electron chi connectivity index (χ1n) is 9.10. The van der Waals surface area contributed by atoms with Gasteiger partial charge in [0.15, 0.2) is 9.84 Å². The van der Waals surface area contributed by atoms with Crippen molar-refractivity contribution in [3.05, 3.63) is 36.0 Å². The van der Waals surface area contributed by atoms with Gasteiger partial charge in [-0.05, 0) is 56.7 Å².